The largest absolute Gasteiger partial charge is 0.378 e. The lowest BCUT2D eigenvalue weighted by Gasteiger charge is -2.35. The molecule has 1 aromatic heterocycles. The summed E-state index contributed by atoms with van der Waals surface area (Å²) in [5.74, 6) is 1.22. The molecule has 0 atom stereocenters. The number of morpholine rings is 1. The minimum Gasteiger partial charge on any atom is -0.378 e. The number of piperazine rings is 1. The predicted octanol–water partition coefficient (Wildman–Crippen LogP) is 1.49. The molecule has 2 aliphatic heterocycles. The first-order valence-electron chi connectivity index (χ1n) is 9.99. The molecule has 30 heavy (non-hydrogen) atoms. The monoisotopic (exact) mass is 412 g/mol. The smallest absolute Gasteiger partial charge is 0.282 e. The molecule has 10 nitrogen and oxygen atoms in total. The molecule has 2 aromatic rings. The van der Waals surface area contributed by atoms with Crippen LogP contribution in [0.15, 0.2) is 30.3 Å². The van der Waals surface area contributed by atoms with Crippen LogP contribution in [0.5, 0.6) is 0 Å². The highest BCUT2D eigenvalue weighted by Crippen LogP contribution is 2.22. The molecule has 0 N–H and O–H groups in total. The van der Waals surface area contributed by atoms with Crippen molar-refractivity contribution in [1.29, 1.82) is 0 Å². The van der Waals surface area contributed by atoms with Gasteiger partial charge in [-0.3, -0.25) is 14.9 Å². The Morgan fingerprint density at radius 3 is 2.43 bits per heavy atom. The summed E-state index contributed by atoms with van der Waals surface area (Å²) in [5, 5.41) is 11.2. The second-order valence-corrected chi connectivity index (χ2v) is 7.32. The number of anilines is 2. The third-order valence-corrected chi connectivity index (χ3v) is 5.34. The van der Waals surface area contributed by atoms with Crippen LogP contribution >= 0.6 is 0 Å². The van der Waals surface area contributed by atoms with Crippen molar-refractivity contribution in [2.24, 2.45) is 0 Å². The Hall–Kier alpha value is -3.27. The van der Waals surface area contributed by atoms with Crippen LogP contribution < -0.4 is 9.80 Å². The second-order valence-electron chi connectivity index (χ2n) is 7.32. The average Bonchev–Trinajstić information content (AvgIpc) is 2.79. The van der Waals surface area contributed by atoms with Crippen molar-refractivity contribution in [2.75, 3.05) is 62.3 Å². The van der Waals surface area contributed by atoms with Crippen molar-refractivity contribution < 1.29 is 14.5 Å². The Labute approximate surface area is 174 Å². The number of rotatable bonds is 4. The molecule has 2 aliphatic rings. The highest BCUT2D eigenvalue weighted by Gasteiger charge is 2.28. The highest BCUT2D eigenvalue weighted by atomic mass is 16.6. The van der Waals surface area contributed by atoms with E-state index in [1.807, 2.05) is 13.0 Å². The van der Waals surface area contributed by atoms with Crippen LogP contribution in [-0.4, -0.2) is 78.2 Å². The van der Waals surface area contributed by atoms with Crippen LogP contribution in [0.3, 0.4) is 0 Å². The molecule has 0 spiro atoms. The van der Waals surface area contributed by atoms with E-state index < -0.39 is 4.92 Å². The first-order valence-corrected chi connectivity index (χ1v) is 9.99. The van der Waals surface area contributed by atoms with Crippen LogP contribution in [0, 0.1) is 17.0 Å². The number of para-hydroxylation sites is 1. The summed E-state index contributed by atoms with van der Waals surface area (Å²) in [4.78, 5) is 38.8. The van der Waals surface area contributed by atoms with E-state index in [1.54, 1.807) is 17.0 Å². The highest BCUT2D eigenvalue weighted by molar-refractivity contribution is 5.98. The van der Waals surface area contributed by atoms with Gasteiger partial charge in [0.1, 0.15) is 11.4 Å². The quantitative estimate of drug-likeness (QED) is 0.549. The Morgan fingerprint density at radius 1 is 1.03 bits per heavy atom. The molecule has 0 saturated carbocycles. The number of carbonyl (C=O) groups excluding carboxylic acids is 1. The molecule has 10 heteroatoms. The fourth-order valence-corrected chi connectivity index (χ4v) is 3.73. The van der Waals surface area contributed by atoms with Crippen LogP contribution in [0.25, 0.3) is 0 Å². The lowest BCUT2D eigenvalue weighted by atomic mass is 10.1. The van der Waals surface area contributed by atoms with Crippen LogP contribution in [0.2, 0.25) is 0 Å². The van der Waals surface area contributed by atoms with Gasteiger partial charge >= 0.3 is 0 Å². The number of nitrogens with zero attached hydrogens (tertiary/aromatic N) is 6. The lowest BCUT2D eigenvalue weighted by Crippen LogP contribution is -2.49. The molecular formula is C20H24N6O4. The molecule has 0 unspecified atom stereocenters. The van der Waals surface area contributed by atoms with Crippen LogP contribution in [0.1, 0.15) is 16.1 Å². The van der Waals surface area contributed by atoms with Crippen molar-refractivity contribution in [3.63, 3.8) is 0 Å². The Morgan fingerprint density at radius 2 is 1.73 bits per heavy atom. The van der Waals surface area contributed by atoms with Crippen LogP contribution in [-0.2, 0) is 4.74 Å². The van der Waals surface area contributed by atoms with Crippen molar-refractivity contribution in [1.82, 2.24) is 14.9 Å². The van der Waals surface area contributed by atoms with Gasteiger partial charge in [0.05, 0.1) is 18.1 Å². The van der Waals surface area contributed by atoms with Crippen molar-refractivity contribution in [3.05, 3.63) is 51.7 Å². The third-order valence-electron chi connectivity index (χ3n) is 5.34. The molecule has 3 heterocycles. The number of hydrogen-bond acceptors (Lipinski definition) is 8. The van der Waals surface area contributed by atoms with Crippen molar-refractivity contribution in [3.8, 4) is 0 Å². The summed E-state index contributed by atoms with van der Waals surface area (Å²) in [5.41, 5.74) is 0.847. The van der Waals surface area contributed by atoms with Gasteiger partial charge in [0.2, 0.25) is 5.95 Å². The molecule has 1 aromatic carbocycles. The van der Waals surface area contributed by atoms with Gasteiger partial charge in [-0.2, -0.15) is 4.98 Å². The third kappa shape index (κ3) is 4.18. The van der Waals surface area contributed by atoms with E-state index in [4.69, 9.17) is 9.72 Å². The minimum absolute atomic E-state index is 0.123. The summed E-state index contributed by atoms with van der Waals surface area (Å²) in [6, 6.07) is 8.05. The number of ether oxygens (including phenoxy) is 1. The number of benzene rings is 1. The predicted molar refractivity (Wildman–Crippen MR) is 111 cm³/mol. The number of nitro groups is 1. The summed E-state index contributed by atoms with van der Waals surface area (Å²) in [7, 11) is 0. The van der Waals surface area contributed by atoms with Crippen LogP contribution in [0.4, 0.5) is 17.5 Å². The minimum atomic E-state index is -0.517. The normalized spacial score (nSPS) is 17.2. The van der Waals surface area contributed by atoms with Gasteiger partial charge in [-0.25, -0.2) is 4.98 Å². The summed E-state index contributed by atoms with van der Waals surface area (Å²) < 4.78 is 5.42. The molecule has 2 saturated heterocycles. The number of nitro benzene ring substituents is 1. The number of carbonyl (C=O) groups is 1. The molecular weight excluding hydrogens is 388 g/mol. The fraction of sp³-hybridized carbons (Fsp3) is 0.450. The maximum atomic E-state index is 12.8. The van der Waals surface area contributed by atoms with E-state index in [1.165, 1.54) is 12.1 Å². The zero-order valence-electron chi connectivity index (χ0n) is 16.9. The first-order chi connectivity index (χ1) is 14.5. The maximum Gasteiger partial charge on any atom is 0.282 e. The van der Waals surface area contributed by atoms with Gasteiger partial charge in [-0.05, 0) is 13.0 Å². The topological polar surface area (TPSA) is 105 Å². The van der Waals surface area contributed by atoms with E-state index in [-0.39, 0.29) is 17.2 Å². The number of amides is 1. The summed E-state index contributed by atoms with van der Waals surface area (Å²) in [6.07, 6.45) is 0. The first kappa shape index (κ1) is 20.0. The number of hydrogen-bond donors (Lipinski definition) is 0. The van der Waals surface area contributed by atoms with E-state index in [2.05, 4.69) is 14.8 Å². The number of aryl methyl sites for hydroxylation is 1. The molecule has 0 aliphatic carbocycles. The van der Waals surface area contributed by atoms with E-state index in [0.29, 0.717) is 45.3 Å². The van der Waals surface area contributed by atoms with E-state index >= 15 is 0 Å². The zero-order valence-corrected chi connectivity index (χ0v) is 16.9. The second kappa shape index (κ2) is 8.62. The number of aromatic nitrogens is 2. The summed E-state index contributed by atoms with van der Waals surface area (Å²) >= 11 is 0. The molecule has 2 fully saturated rings. The molecule has 1 amide bonds. The van der Waals surface area contributed by atoms with Gasteiger partial charge in [-0.15, -0.1) is 0 Å². The standard InChI is InChI=1S/C20H24N6O4/c1-15-14-18(23-10-12-30-13-11-23)22-20(21-15)25-8-6-24(7-9-25)19(27)16-4-2-3-5-17(16)26(28)29/h2-5,14H,6-13H2,1H3. The zero-order chi connectivity index (χ0) is 21.1. The fourth-order valence-electron chi connectivity index (χ4n) is 3.73. The van der Waals surface area contributed by atoms with Gasteiger partial charge in [0.15, 0.2) is 0 Å². The Balaban J connectivity index is 1.45. The lowest BCUT2D eigenvalue weighted by molar-refractivity contribution is -0.385. The van der Waals surface area contributed by atoms with E-state index in [0.717, 1.165) is 24.6 Å². The average molecular weight is 412 g/mol. The molecule has 4 rings (SSSR count). The van der Waals surface area contributed by atoms with Gasteiger partial charge in [-0.1, -0.05) is 12.1 Å². The van der Waals surface area contributed by atoms with Crippen molar-refractivity contribution >= 4 is 23.4 Å². The van der Waals surface area contributed by atoms with Gasteiger partial charge in [0, 0.05) is 57.1 Å². The maximum absolute atomic E-state index is 12.8. The van der Waals surface area contributed by atoms with Gasteiger partial charge in [0.25, 0.3) is 11.6 Å². The van der Waals surface area contributed by atoms with Gasteiger partial charge < -0.3 is 19.4 Å². The SMILES string of the molecule is Cc1cc(N2CCOCC2)nc(N2CCN(C(=O)c3ccccc3[N+](=O)[O-])CC2)n1. The Bertz CT molecular complexity index is 939. The van der Waals surface area contributed by atoms with E-state index in [9.17, 15) is 14.9 Å². The molecule has 0 bridgehead atoms. The molecule has 158 valence electrons. The molecule has 0 radical (unpaired) electrons. The summed E-state index contributed by atoms with van der Waals surface area (Å²) in [6.45, 7) is 6.96. The van der Waals surface area contributed by atoms with Crippen molar-refractivity contribution in [2.45, 2.75) is 6.92 Å². The Kier molecular flexibility index (Phi) is 5.75.